The lowest BCUT2D eigenvalue weighted by atomic mass is 9.99. The highest BCUT2D eigenvalue weighted by atomic mass is 19.1. The molecule has 0 aliphatic heterocycles. The minimum absolute atomic E-state index is 0.297. The Morgan fingerprint density at radius 1 is 1.10 bits per heavy atom. The summed E-state index contributed by atoms with van der Waals surface area (Å²) in [4.78, 5) is 10.6. The molecule has 3 heteroatoms. The van der Waals surface area contributed by atoms with Crippen LogP contribution >= 0.6 is 0 Å². The van der Waals surface area contributed by atoms with Crippen molar-refractivity contribution in [3.63, 3.8) is 0 Å². The molecule has 0 spiro atoms. The fourth-order valence-electron chi connectivity index (χ4n) is 3.14. The third-order valence-electron chi connectivity index (χ3n) is 5.19. The van der Waals surface area contributed by atoms with Crippen LogP contribution < -0.4 is 0 Å². The second kappa shape index (κ2) is 8.87. The molecule has 3 aromatic rings. The van der Waals surface area contributed by atoms with Gasteiger partial charge in [0.2, 0.25) is 0 Å². The minimum Gasteiger partial charge on any atom is -0.456 e. The van der Waals surface area contributed by atoms with Crippen LogP contribution in [0, 0.1) is 5.82 Å². The van der Waals surface area contributed by atoms with Crippen molar-refractivity contribution in [3.8, 4) is 11.3 Å². The molecular weight excluding hydrogens is 363 g/mol. The molecule has 0 amide bonds. The normalized spacial score (nSPS) is 14.2. The monoisotopic (exact) mass is 388 g/mol. The standard InChI is InChI=1S/C16H13FO2.C10H12/c1-3-5-12-9-16(19-15(12)4-2)13-7-6-11(10-18)8-14(13)17;1-10(7-8-10)9-5-3-2-4-6-9/h3-10H,2H2,1H3;2-6H,7-8H2,1H3/b5-3-;. The van der Waals surface area contributed by atoms with Crippen LogP contribution in [0.2, 0.25) is 0 Å². The maximum Gasteiger partial charge on any atom is 0.150 e. The number of benzene rings is 2. The lowest BCUT2D eigenvalue weighted by Gasteiger charge is -2.06. The molecule has 1 aliphatic rings. The van der Waals surface area contributed by atoms with E-state index in [1.165, 1.54) is 30.5 Å². The molecule has 4 rings (SSSR count). The van der Waals surface area contributed by atoms with Gasteiger partial charge in [-0.05, 0) is 55.0 Å². The van der Waals surface area contributed by atoms with Crippen molar-refractivity contribution in [1.29, 1.82) is 0 Å². The van der Waals surface area contributed by atoms with Gasteiger partial charge in [0.1, 0.15) is 23.6 Å². The predicted octanol–water partition coefficient (Wildman–Crippen LogP) is 7.31. The topological polar surface area (TPSA) is 30.2 Å². The van der Waals surface area contributed by atoms with E-state index in [1.54, 1.807) is 18.2 Å². The largest absolute Gasteiger partial charge is 0.456 e. The van der Waals surface area contributed by atoms with Gasteiger partial charge in [0.25, 0.3) is 0 Å². The quantitative estimate of drug-likeness (QED) is 0.429. The molecule has 0 unspecified atom stereocenters. The van der Waals surface area contributed by atoms with Crippen molar-refractivity contribution in [1.82, 2.24) is 0 Å². The lowest BCUT2D eigenvalue weighted by Crippen LogP contribution is -1.97. The van der Waals surface area contributed by atoms with Gasteiger partial charge in [0.05, 0.1) is 5.56 Å². The summed E-state index contributed by atoms with van der Waals surface area (Å²) in [7, 11) is 0. The second-order valence-corrected chi connectivity index (χ2v) is 7.42. The number of allylic oxidation sites excluding steroid dienone is 1. The molecule has 1 aromatic heterocycles. The van der Waals surface area contributed by atoms with Crippen molar-refractivity contribution >= 4 is 18.4 Å². The zero-order valence-corrected chi connectivity index (χ0v) is 16.8. The fraction of sp³-hybridized carbons (Fsp3) is 0.192. The van der Waals surface area contributed by atoms with Crippen LogP contribution in [0.4, 0.5) is 4.39 Å². The van der Waals surface area contributed by atoms with Crippen LogP contribution in [0.1, 0.15) is 53.9 Å². The average molecular weight is 388 g/mol. The molecule has 0 saturated heterocycles. The van der Waals surface area contributed by atoms with Crippen molar-refractivity contribution in [2.45, 2.75) is 32.1 Å². The number of hydrogen-bond donors (Lipinski definition) is 0. The van der Waals surface area contributed by atoms with Crippen LogP contribution in [-0.4, -0.2) is 6.29 Å². The maximum atomic E-state index is 13.9. The molecule has 1 fully saturated rings. The minimum atomic E-state index is -0.485. The molecule has 1 heterocycles. The summed E-state index contributed by atoms with van der Waals surface area (Å²) in [5.74, 6) is 0.519. The van der Waals surface area contributed by atoms with Gasteiger partial charge in [-0.2, -0.15) is 0 Å². The van der Waals surface area contributed by atoms with Gasteiger partial charge in [0, 0.05) is 11.1 Å². The first kappa shape index (κ1) is 20.5. The number of aldehydes is 1. The molecule has 0 bridgehead atoms. The summed E-state index contributed by atoms with van der Waals surface area (Å²) in [5, 5.41) is 0. The van der Waals surface area contributed by atoms with E-state index in [1.807, 2.05) is 19.1 Å². The summed E-state index contributed by atoms with van der Waals surface area (Å²) in [5.41, 5.74) is 3.51. The van der Waals surface area contributed by atoms with Crippen molar-refractivity contribution in [3.05, 3.63) is 95.5 Å². The first-order chi connectivity index (χ1) is 14.0. The Morgan fingerprint density at radius 2 is 1.83 bits per heavy atom. The molecule has 2 nitrogen and oxygen atoms in total. The zero-order valence-electron chi connectivity index (χ0n) is 16.8. The van der Waals surface area contributed by atoms with E-state index < -0.39 is 5.82 Å². The smallest absolute Gasteiger partial charge is 0.150 e. The third-order valence-corrected chi connectivity index (χ3v) is 5.19. The van der Waals surface area contributed by atoms with E-state index in [9.17, 15) is 9.18 Å². The Morgan fingerprint density at radius 3 is 2.38 bits per heavy atom. The van der Waals surface area contributed by atoms with Crippen LogP contribution in [-0.2, 0) is 5.41 Å². The van der Waals surface area contributed by atoms with Gasteiger partial charge in [-0.15, -0.1) is 0 Å². The van der Waals surface area contributed by atoms with Gasteiger partial charge < -0.3 is 4.42 Å². The molecule has 0 atom stereocenters. The lowest BCUT2D eigenvalue weighted by molar-refractivity contribution is 0.112. The Kier molecular flexibility index (Phi) is 6.28. The zero-order chi connectivity index (χ0) is 20.9. The van der Waals surface area contributed by atoms with E-state index in [0.29, 0.717) is 34.3 Å². The molecule has 0 radical (unpaired) electrons. The molecule has 0 N–H and O–H groups in total. The number of rotatable bonds is 5. The van der Waals surface area contributed by atoms with Gasteiger partial charge in [-0.1, -0.05) is 62.1 Å². The van der Waals surface area contributed by atoms with E-state index in [2.05, 4.69) is 43.8 Å². The number of furan rings is 1. The number of carbonyl (C=O) groups excluding carboxylic acids is 1. The van der Waals surface area contributed by atoms with Crippen LogP contribution in [0.3, 0.4) is 0 Å². The Hall–Kier alpha value is -3.20. The Balaban J connectivity index is 0.000000200. The summed E-state index contributed by atoms with van der Waals surface area (Å²) in [6.07, 6.45) is 8.66. The van der Waals surface area contributed by atoms with Gasteiger partial charge in [0.15, 0.2) is 0 Å². The van der Waals surface area contributed by atoms with Crippen molar-refractivity contribution < 1.29 is 13.6 Å². The Labute approximate surface area is 171 Å². The maximum absolute atomic E-state index is 13.9. The van der Waals surface area contributed by atoms with E-state index >= 15 is 0 Å². The van der Waals surface area contributed by atoms with E-state index in [-0.39, 0.29) is 0 Å². The second-order valence-electron chi connectivity index (χ2n) is 7.42. The Bertz CT molecular complexity index is 1020. The highest BCUT2D eigenvalue weighted by Crippen LogP contribution is 2.47. The fourth-order valence-corrected chi connectivity index (χ4v) is 3.14. The van der Waals surface area contributed by atoms with Gasteiger partial charge in [-0.25, -0.2) is 4.39 Å². The number of carbonyl (C=O) groups is 1. The highest BCUT2D eigenvalue weighted by Gasteiger charge is 2.38. The summed E-state index contributed by atoms with van der Waals surface area (Å²) >= 11 is 0. The third kappa shape index (κ3) is 4.80. The van der Waals surface area contributed by atoms with Crippen LogP contribution in [0.5, 0.6) is 0 Å². The summed E-state index contributed by atoms with van der Waals surface area (Å²) < 4.78 is 19.5. The number of halogens is 1. The molecule has 2 aromatic carbocycles. The first-order valence-electron chi connectivity index (χ1n) is 9.70. The summed E-state index contributed by atoms with van der Waals surface area (Å²) in [6.45, 7) is 7.89. The molecule has 148 valence electrons. The summed E-state index contributed by atoms with van der Waals surface area (Å²) in [6, 6.07) is 16.8. The predicted molar refractivity (Wildman–Crippen MR) is 117 cm³/mol. The highest BCUT2D eigenvalue weighted by molar-refractivity contribution is 5.77. The van der Waals surface area contributed by atoms with Crippen molar-refractivity contribution in [2.24, 2.45) is 0 Å². The van der Waals surface area contributed by atoms with Gasteiger partial charge >= 0.3 is 0 Å². The number of hydrogen-bond acceptors (Lipinski definition) is 2. The van der Waals surface area contributed by atoms with E-state index in [4.69, 9.17) is 4.42 Å². The SMILES string of the molecule is C=Cc1oc(-c2ccc(C=O)cc2F)cc1/C=C\C.CC1(c2ccccc2)CC1. The molecule has 29 heavy (non-hydrogen) atoms. The molecule has 1 aliphatic carbocycles. The van der Waals surface area contributed by atoms with Crippen LogP contribution in [0.15, 0.2) is 71.7 Å². The first-order valence-corrected chi connectivity index (χ1v) is 9.70. The average Bonchev–Trinajstić information content (AvgIpc) is 3.37. The van der Waals surface area contributed by atoms with Crippen molar-refractivity contribution in [2.75, 3.05) is 0 Å². The molecular formula is C26H25FO2. The molecule has 1 saturated carbocycles. The van der Waals surface area contributed by atoms with E-state index in [0.717, 1.165) is 5.56 Å². The van der Waals surface area contributed by atoms with Crippen LogP contribution in [0.25, 0.3) is 23.5 Å². The van der Waals surface area contributed by atoms with Gasteiger partial charge in [-0.3, -0.25) is 4.79 Å².